The number of hydrogen-bond acceptors (Lipinski definition) is 2. The van der Waals surface area contributed by atoms with Gasteiger partial charge in [0, 0.05) is 6.54 Å². The summed E-state index contributed by atoms with van der Waals surface area (Å²) in [6.07, 6.45) is 1.16. The van der Waals surface area contributed by atoms with E-state index in [2.05, 4.69) is 45.1 Å². The zero-order valence-electron chi connectivity index (χ0n) is 12.6. The summed E-state index contributed by atoms with van der Waals surface area (Å²) >= 11 is 0. The van der Waals surface area contributed by atoms with E-state index in [9.17, 15) is 0 Å². The highest BCUT2D eigenvalue weighted by Crippen LogP contribution is 2.33. The molecule has 0 radical (unpaired) electrons. The van der Waals surface area contributed by atoms with Crippen molar-refractivity contribution in [1.82, 2.24) is 5.32 Å². The van der Waals surface area contributed by atoms with E-state index in [1.807, 2.05) is 7.05 Å². The summed E-state index contributed by atoms with van der Waals surface area (Å²) in [6, 6.07) is 4.52. The second-order valence-electron chi connectivity index (χ2n) is 5.27. The summed E-state index contributed by atoms with van der Waals surface area (Å²) in [5, 5.41) is 3.29. The Balaban J connectivity index is 3.23. The number of hydrogen-bond donors (Lipinski definition) is 1. The van der Waals surface area contributed by atoms with Crippen LogP contribution in [0.1, 0.15) is 55.7 Å². The van der Waals surface area contributed by atoms with Crippen molar-refractivity contribution in [3.8, 4) is 5.75 Å². The zero-order chi connectivity index (χ0) is 13.7. The van der Waals surface area contributed by atoms with Crippen molar-refractivity contribution < 1.29 is 4.74 Å². The smallest absolute Gasteiger partial charge is 0.122 e. The fourth-order valence-electron chi connectivity index (χ4n) is 2.50. The lowest BCUT2D eigenvalue weighted by Crippen LogP contribution is -2.17. The Morgan fingerprint density at radius 3 is 2.33 bits per heavy atom. The molecule has 0 aliphatic heterocycles. The first-order valence-electron chi connectivity index (χ1n) is 6.88. The molecule has 2 heteroatoms. The highest BCUT2D eigenvalue weighted by Gasteiger charge is 2.16. The predicted octanol–water partition coefficient (Wildman–Crippen LogP) is 3.84. The fourth-order valence-corrected chi connectivity index (χ4v) is 2.50. The summed E-state index contributed by atoms with van der Waals surface area (Å²) in [4.78, 5) is 0. The Morgan fingerprint density at radius 1 is 1.22 bits per heavy atom. The van der Waals surface area contributed by atoms with Crippen molar-refractivity contribution in [3.05, 3.63) is 28.8 Å². The van der Waals surface area contributed by atoms with Crippen LogP contribution in [0.4, 0.5) is 0 Å². The fraction of sp³-hybridized carbons (Fsp3) is 0.625. The normalized spacial score (nSPS) is 12.8. The number of nitrogens with one attached hydrogen (secondary N) is 1. The Labute approximate surface area is 112 Å². The summed E-state index contributed by atoms with van der Waals surface area (Å²) in [6.45, 7) is 9.90. The highest BCUT2D eigenvalue weighted by molar-refractivity contribution is 5.45. The van der Waals surface area contributed by atoms with Gasteiger partial charge in [0.05, 0.1) is 7.11 Å². The molecule has 1 N–H and O–H groups in total. The standard InChI is InChI=1S/C16H27NO/c1-7-13(10-17-5)15-9-14(11(2)3)16(18-6)8-12(15)4/h8-9,11,13,17H,7,10H2,1-6H3. The molecule has 1 rings (SSSR count). The number of aryl methyl sites for hydroxylation is 1. The van der Waals surface area contributed by atoms with E-state index in [0.29, 0.717) is 11.8 Å². The average molecular weight is 249 g/mol. The minimum Gasteiger partial charge on any atom is -0.496 e. The van der Waals surface area contributed by atoms with E-state index in [1.54, 1.807) is 7.11 Å². The molecule has 0 aliphatic carbocycles. The van der Waals surface area contributed by atoms with Gasteiger partial charge in [-0.15, -0.1) is 0 Å². The van der Waals surface area contributed by atoms with Gasteiger partial charge >= 0.3 is 0 Å². The van der Waals surface area contributed by atoms with E-state index in [1.165, 1.54) is 16.7 Å². The lowest BCUT2D eigenvalue weighted by molar-refractivity contribution is 0.406. The number of methoxy groups -OCH3 is 1. The van der Waals surface area contributed by atoms with E-state index < -0.39 is 0 Å². The van der Waals surface area contributed by atoms with Crippen molar-refractivity contribution in [1.29, 1.82) is 0 Å². The molecule has 0 aromatic heterocycles. The third kappa shape index (κ3) is 3.26. The molecular weight excluding hydrogens is 222 g/mol. The van der Waals surface area contributed by atoms with Gasteiger partial charge in [0.25, 0.3) is 0 Å². The molecule has 102 valence electrons. The first-order chi connectivity index (χ1) is 8.54. The second kappa shape index (κ2) is 6.79. The van der Waals surface area contributed by atoms with Crippen molar-refractivity contribution in [2.45, 2.75) is 46.0 Å². The van der Waals surface area contributed by atoms with Crippen LogP contribution in [-0.4, -0.2) is 20.7 Å². The first kappa shape index (κ1) is 15.0. The van der Waals surface area contributed by atoms with Crippen LogP contribution in [0, 0.1) is 6.92 Å². The number of rotatable bonds is 6. The first-order valence-corrected chi connectivity index (χ1v) is 6.88. The Kier molecular flexibility index (Phi) is 5.67. The minimum atomic E-state index is 0.492. The summed E-state index contributed by atoms with van der Waals surface area (Å²) < 4.78 is 5.50. The van der Waals surface area contributed by atoms with Gasteiger partial charge in [-0.2, -0.15) is 0 Å². The van der Waals surface area contributed by atoms with Gasteiger partial charge in [-0.25, -0.2) is 0 Å². The third-order valence-electron chi connectivity index (χ3n) is 3.62. The minimum absolute atomic E-state index is 0.492. The largest absolute Gasteiger partial charge is 0.496 e. The molecule has 1 aromatic rings. The van der Waals surface area contributed by atoms with E-state index in [0.717, 1.165) is 18.7 Å². The molecule has 1 unspecified atom stereocenters. The van der Waals surface area contributed by atoms with Gasteiger partial charge in [-0.05, 0) is 55.0 Å². The van der Waals surface area contributed by atoms with Crippen molar-refractivity contribution in [2.75, 3.05) is 20.7 Å². The van der Waals surface area contributed by atoms with Gasteiger partial charge in [-0.1, -0.05) is 26.8 Å². The lowest BCUT2D eigenvalue weighted by Gasteiger charge is -2.21. The molecule has 0 saturated heterocycles. The molecule has 1 aromatic carbocycles. The second-order valence-corrected chi connectivity index (χ2v) is 5.27. The maximum absolute atomic E-state index is 5.50. The topological polar surface area (TPSA) is 21.3 Å². The average Bonchev–Trinajstić information content (AvgIpc) is 2.35. The van der Waals surface area contributed by atoms with E-state index in [-0.39, 0.29) is 0 Å². The SMILES string of the molecule is CCC(CNC)c1cc(C(C)C)c(OC)cc1C. The Morgan fingerprint density at radius 2 is 1.89 bits per heavy atom. The van der Waals surface area contributed by atoms with E-state index in [4.69, 9.17) is 4.74 Å². The predicted molar refractivity (Wildman–Crippen MR) is 78.8 cm³/mol. The summed E-state index contributed by atoms with van der Waals surface area (Å²) in [7, 11) is 3.77. The molecular formula is C16H27NO. The number of likely N-dealkylation sites (N-methyl/N-ethyl adjacent to an activating group) is 1. The Bertz CT molecular complexity index is 385. The number of benzene rings is 1. The zero-order valence-corrected chi connectivity index (χ0v) is 12.6. The van der Waals surface area contributed by atoms with Gasteiger partial charge in [-0.3, -0.25) is 0 Å². The number of ether oxygens (including phenoxy) is 1. The van der Waals surface area contributed by atoms with Crippen LogP contribution in [0.3, 0.4) is 0 Å². The van der Waals surface area contributed by atoms with Crippen molar-refractivity contribution >= 4 is 0 Å². The van der Waals surface area contributed by atoms with Crippen molar-refractivity contribution in [2.24, 2.45) is 0 Å². The molecule has 18 heavy (non-hydrogen) atoms. The molecule has 0 bridgehead atoms. The van der Waals surface area contributed by atoms with Crippen LogP contribution >= 0.6 is 0 Å². The van der Waals surface area contributed by atoms with Crippen LogP contribution in [0.2, 0.25) is 0 Å². The van der Waals surface area contributed by atoms with E-state index >= 15 is 0 Å². The van der Waals surface area contributed by atoms with Gasteiger partial charge < -0.3 is 10.1 Å². The maximum Gasteiger partial charge on any atom is 0.122 e. The van der Waals surface area contributed by atoms with Crippen LogP contribution in [-0.2, 0) is 0 Å². The molecule has 0 heterocycles. The molecule has 2 nitrogen and oxygen atoms in total. The molecule has 0 fully saturated rings. The molecule has 0 amide bonds. The summed E-state index contributed by atoms with van der Waals surface area (Å²) in [5.41, 5.74) is 4.10. The van der Waals surface area contributed by atoms with Crippen LogP contribution in [0.15, 0.2) is 12.1 Å². The van der Waals surface area contributed by atoms with Crippen LogP contribution < -0.4 is 10.1 Å². The molecule has 0 spiro atoms. The molecule has 0 saturated carbocycles. The quantitative estimate of drug-likeness (QED) is 0.827. The van der Waals surface area contributed by atoms with Crippen molar-refractivity contribution in [3.63, 3.8) is 0 Å². The maximum atomic E-state index is 5.50. The highest BCUT2D eigenvalue weighted by atomic mass is 16.5. The van der Waals surface area contributed by atoms with Gasteiger partial charge in [0.1, 0.15) is 5.75 Å². The Hall–Kier alpha value is -1.02. The van der Waals surface area contributed by atoms with Crippen LogP contribution in [0.25, 0.3) is 0 Å². The molecule has 1 atom stereocenters. The molecule has 0 aliphatic rings. The van der Waals surface area contributed by atoms with Gasteiger partial charge in [0.2, 0.25) is 0 Å². The third-order valence-corrected chi connectivity index (χ3v) is 3.62. The lowest BCUT2D eigenvalue weighted by atomic mass is 9.88. The monoisotopic (exact) mass is 249 g/mol. The summed E-state index contributed by atoms with van der Waals surface area (Å²) in [5.74, 6) is 2.09. The van der Waals surface area contributed by atoms with Crippen LogP contribution in [0.5, 0.6) is 5.75 Å². The van der Waals surface area contributed by atoms with Gasteiger partial charge in [0.15, 0.2) is 0 Å².